The first-order valence-corrected chi connectivity index (χ1v) is 9.00. The van der Waals surface area contributed by atoms with Crippen molar-refractivity contribution in [1.82, 2.24) is 4.90 Å². The van der Waals surface area contributed by atoms with Crippen LogP contribution in [-0.2, 0) is 6.54 Å². The van der Waals surface area contributed by atoms with E-state index in [-0.39, 0.29) is 12.1 Å². The van der Waals surface area contributed by atoms with Gasteiger partial charge in [-0.1, -0.05) is 31.5 Å². The van der Waals surface area contributed by atoms with Crippen molar-refractivity contribution < 1.29 is 0 Å². The third-order valence-electron chi connectivity index (χ3n) is 3.50. The lowest BCUT2D eigenvalue weighted by Crippen LogP contribution is -2.40. The first-order valence-electron chi connectivity index (χ1n) is 6.93. The van der Waals surface area contributed by atoms with Crippen LogP contribution in [0.25, 0.3) is 0 Å². The van der Waals surface area contributed by atoms with E-state index >= 15 is 0 Å². The van der Waals surface area contributed by atoms with Gasteiger partial charge in [-0.05, 0) is 36.5 Å². The normalized spacial score (nSPS) is 14.7. The van der Waals surface area contributed by atoms with Crippen LogP contribution in [0.3, 0.4) is 0 Å². The average molecular weight is 329 g/mol. The summed E-state index contributed by atoms with van der Waals surface area (Å²) in [5.41, 5.74) is 6.39. The zero-order chi connectivity index (χ0) is 14.5. The lowest BCUT2D eigenvalue weighted by Gasteiger charge is -2.33. The highest BCUT2D eigenvalue weighted by atomic mass is 35.5. The predicted molar refractivity (Wildman–Crippen MR) is 90.7 cm³/mol. The van der Waals surface area contributed by atoms with E-state index < -0.39 is 0 Å². The maximum atomic E-state index is 6.39. The largest absolute Gasteiger partial charge is 0.326 e. The summed E-state index contributed by atoms with van der Waals surface area (Å²) in [6.07, 6.45) is 0.959. The molecule has 0 bridgehead atoms. The average Bonchev–Trinajstić information content (AvgIpc) is 3.09. The number of hydrogen-bond acceptors (Lipinski definition) is 4. The summed E-state index contributed by atoms with van der Waals surface area (Å²) in [6.45, 7) is 6.26. The molecule has 0 aliphatic carbocycles. The molecule has 0 radical (unpaired) electrons. The fourth-order valence-corrected chi connectivity index (χ4v) is 4.38. The minimum Gasteiger partial charge on any atom is -0.326 e. The first kappa shape index (κ1) is 16.0. The Morgan fingerprint density at radius 3 is 2.60 bits per heavy atom. The molecule has 0 fully saturated rings. The highest BCUT2D eigenvalue weighted by molar-refractivity contribution is 7.16. The summed E-state index contributed by atoms with van der Waals surface area (Å²) in [5.74, 6) is 0. The SMILES string of the molecule is CCC(N)C(c1ccc(Cl)s1)N(CC)Cc1cccs1. The van der Waals surface area contributed by atoms with Gasteiger partial charge in [0.2, 0.25) is 0 Å². The predicted octanol–water partition coefficient (Wildman–Crippen LogP) is 4.76. The molecule has 0 amide bonds. The van der Waals surface area contributed by atoms with E-state index in [1.807, 2.05) is 6.07 Å². The van der Waals surface area contributed by atoms with E-state index in [0.717, 1.165) is 23.8 Å². The van der Waals surface area contributed by atoms with E-state index in [1.165, 1.54) is 9.75 Å². The first-order chi connectivity index (χ1) is 9.65. The van der Waals surface area contributed by atoms with Gasteiger partial charge in [-0.15, -0.1) is 22.7 Å². The molecule has 2 unspecified atom stereocenters. The Balaban J connectivity index is 2.23. The Morgan fingerprint density at radius 1 is 1.30 bits per heavy atom. The second-order valence-corrected chi connectivity index (χ2v) is 7.58. The molecule has 20 heavy (non-hydrogen) atoms. The maximum Gasteiger partial charge on any atom is 0.0931 e. The van der Waals surface area contributed by atoms with Gasteiger partial charge >= 0.3 is 0 Å². The van der Waals surface area contributed by atoms with Gasteiger partial charge in [0.15, 0.2) is 0 Å². The summed E-state index contributed by atoms with van der Waals surface area (Å²) < 4.78 is 0.834. The lowest BCUT2D eigenvalue weighted by atomic mass is 10.0. The van der Waals surface area contributed by atoms with Gasteiger partial charge in [0.1, 0.15) is 0 Å². The van der Waals surface area contributed by atoms with Crippen LogP contribution in [-0.4, -0.2) is 17.5 Å². The standard InChI is InChI=1S/C15H21ClN2S2/c1-3-12(17)15(13-7-8-14(16)20-13)18(4-2)10-11-6-5-9-19-11/h5-9,12,15H,3-4,10,17H2,1-2H3. The molecular weight excluding hydrogens is 308 g/mol. The van der Waals surface area contributed by atoms with Gasteiger partial charge < -0.3 is 5.73 Å². The van der Waals surface area contributed by atoms with Crippen molar-refractivity contribution in [3.63, 3.8) is 0 Å². The van der Waals surface area contributed by atoms with Gasteiger partial charge in [0.05, 0.1) is 10.4 Å². The Hall–Kier alpha value is -0.390. The molecule has 2 aromatic heterocycles. The summed E-state index contributed by atoms with van der Waals surface area (Å²) in [5, 5.41) is 2.12. The summed E-state index contributed by atoms with van der Waals surface area (Å²) in [4.78, 5) is 5.09. The highest BCUT2D eigenvalue weighted by Crippen LogP contribution is 2.34. The molecule has 2 atom stereocenters. The number of nitrogens with zero attached hydrogens (tertiary/aromatic N) is 1. The van der Waals surface area contributed by atoms with E-state index in [0.29, 0.717) is 0 Å². The molecule has 0 spiro atoms. The summed E-state index contributed by atoms with van der Waals surface area (Å²) in [6, 6.07) is 8.74. The Labute approximate surface area is 134 Å². The summed E-state index contributed by atoms with van der Waals surface area (Å²) in [7, 11) is 0. The molecule has 2 heterocycles. The fourth-order valence-electron chi connectivity index (χ4n) is 2.38. The molecule has 110 valence electrons. The molecule has 0 saturated carbocycles. The van der Waals surface area contributed by atoms with Gasteiger partial charge in [-0.25, -0.2) is 0 Å². The van der Waals surface area contributed by atoms with Crippen LogP contribution in [0.5, 0.6) is 0 Å². The van der Waals surface area contributed by atoms with Crippen LogP contribution < -0.4 is 5.73 Å². The van der Waals surface area contributed by atoms with E-state index in [2.05, 4.69) is 42.3 Å². The minimum absolute atomic E-state index is 0.129. The zero-order valence-electron chi connectivity index (χ0n) is 11.9. The quantitative estimate of drug-likeness (QED) is 0.793. The molecule has 2 nitrogen and oxygen atoms in total. The third-order valence-corrected chi connectivity index (χ3v) is 5.66. The van der Waals surface area contributed by atoms with E-state index in [9.17, 15) is 0 Å². The smallest absolute Gasteiger partial charge is 0.0931 e. The van der Waals surface area contributed by atoms with Crippen molar-refractivity contribution in [2.45, 2.75) is 38.9 Å². The van der Waals surface area contributed by atoms with Crippen molar-refractivity contribution in [2.75, 3.05) is 6.54 Å². The molecule has 0 saturated heterocycles. The van der Waals surface area contributed by atoms with Crippen molar-refractivity contribution in [3.8, 4) is 0 Å². The lowest BCUT2D eigenvalue weighted by molar-refractivity contribution is 0.174. The highest BCUT2D eigenvalue weighted by Gasteiger charge is 2.26. The Bertz CT molecular complexity index is 510. The molecule has 0 aromatic carbocycles. The number of rotatable bonds is 7. The number of nitrogens with two attached hydrogens (primary N) is 1. The molecule has 5 heteroatoms. The van der Waals surface area contributed by atoms with Crippen molar-refractivity contribution in [2.24, 2.45) is 5.73 Å². The topological polar surface area (TPSA) is 29.3 Å². The van der Waals surface area contributed by atoms with Crippen LogP contribution in [0.1, 0.15) is 36.1 Å². The Kier molecular flexibility index (Phi) is 6.05. The second kappa shape index (κ2) is 7.57. The number of thiophene rings is 2. The van der Waals surface area contributed by atoms with Crippen molar-refractivity contribution >= 4 is 34.3 Å². The number of hydrogen-bond donors (Lipinski definition) is 1. The second-order valence-electron chi connectivity index (χ2n) is 4.80. The van der Waals surface area contributed by atoms with Gasteiger partial charge in [-0.3, -0.25) is 4.90 Å². The van der Waals surface area contributed by atoms with Crippen LogP contribution in [0.4, 0.5) is 0 Å². The van der Waals surface area contributed by atoms with Crippen molar-refractivity contribution in [1.29, 1.82) is 0 Å². The van der Waals surface area contributed by atoms with E-state index in [1.54, 1.807) is 22.7 Å². The van der Waals surface area contributed by atoms with Crippen LogP contribution >= 0.6 is 34.3 Å². The fraction of sp³-hybridized carbons (Fsp3) is 0.467. The van der Waals surface area contributed by atoms with Crippen LogP contribution in [0.15, 0.2) is 29.6 Å². The summed E-state index contributed by atoms with van der Waals surface area (Å²) >= 11 is 9.55. The Morgan fingerprint density at radius 2 is 2.10 bits per heavy atom. The molecule has 0 aliphatic rings. The maximum absolute atomic E-state index is 6.39. The van der Waals surface area contributed by atoms with Gasteiger partial charge in [0.25, 0.3) is 0 Å². The van der Waals surface area contributed by atoms with Gasteiger partial charge in [-0.2, -0.15) is 0 Å². The monoisotopic (exact) mass is 328 g/mol. The van der Waals surface area contributed by atoms with Crippen LogP contribution in [0.2, 0.25) is 4.34 Å². The van der Waals surface area contributed by atoms with Gasteiger partial charge in [0, 0.05) is 22.3 Å². The molecule has 2 aromatic rings. The zero-order valence-corrected chi connectivity index (χ0v) is 14.3. The number of likely N-dealkylation sites (N-methyl/N-ethyl adjacent to an activating group) is 1. The van der Waals surface area contributed by atoms with Crippen LogP contribution in [0, 0.1) is 0 Å². The molecule has 2 N–H and O–H groups in total. The number of halogens is 1. The molecule has 2 rings (SSSR count). The molecule has 0 aliphatic heterocycles. The molecular formula is C15H21ClN2S2. The minimum atomic E-state index is 0.129. The third kappa shape index (κ3) is 3.83. The van der Waals surface area contributed by atoms with E-state index in [4.69, 9.17) is 17.3 Å². The van der Waals surface area contributed by atoms with Crippen molar-refractivity contribution in [3.05, 3.63) is 43.7 Å².